The molecule has 0 aliphatic carbocycles. The number of rotatable bonds is 7. The first-order chi connectivity index (χ1) is 17.7. The van der Waals surface area contributed by atoms with Crippen LogP contribution in [0.5, 0.6) is 0 Å². The molecule has 0 unspecified atom stereocenters. The van der Waals surface area contributed by atoms with E-state index in [1.807, 2.05) is 0 Å². The fraction of sp³-hybridized carbons (Fsp3) is 0.348. The van der Waals surface area contributed by atoms with E-state index in [0.717, 1.165) is 0 Å². The zero-order valence-electron chi connectivity index (χ0n) is 21.1. The second-order valence-corrected chi connectivity index (χ2v) is 12.3. The van der Waals surface area contributed by atoms with E-state index in [4.69, 9.17) is 26.8 Å². The molecule has 0 aliphatic rings. The third-order valence-electron chi connectivity index (χ3n) is 4.81. The summed E-state index contributed by atoms with van der Waals surface area (Å²) in [6.45, 7) is 6.09. The lowest BCUT2D eigenvalue weighted by Gasteiger charge is -2.10. The van der Waals surface area contributed by atoms with E-state index < -0.39 is 19.1 Å². The van der Waals surface area contributed by atoms with Crippen molar-refractivity contribution >= 4 is 53.0 Å². The third kappa shape index (κ3) is 8.49. The van der Waals surface area contributed by atoms with Gasteiger partial charge in [-0.1, -0.05) is 33.8 Å². The van der Waals surface area contributed by atoms with Gasteiger partial charge < -0.3 is 13.8 Å². The van der Waals surface area contributed by atoms with Gasteiger partial charge in [0, 0.05) is 28.5 Å². The molecule has 3 rings (SSSR count). The van der Waals surface area contributed by atoms with Crippen LogP contribution in [0.2, 0.25) is 5.02 Å². The average Bonchev–Trinajstić information content (AvgIpc) is 3.35. The Kier molecular flexibility index (Phi) is 10.8. The van der Waals surface area contributed by atoms with Gasteiger partial charge in [-0.2, -0.15) is 0 Å². The number of aromatic nitrogens is 2. The van der Waals surface area contributed by atoms with E-state index in [1.165, 1.54) is 33.9 Å². The lowest BCUT2D eigenvalue weighted by Crippen LogP contribution is -2.15. The maximum Gasteiger partial charge on any atom is 0.305 e. The van der Waals surface area contributed by atoms with E-state index in [9.17, 15) is 21.6 Å². The SMILES string of the molecule is COC(=O)CCCC#Cc1cc(Cl)ccc1NS(=O)(=O)c1c(C)noc1C.Cc1noc(C)c1S(=O)(=O)Cl. The predicted octanol–water partition coefficient (Wildman–Crippen LogP) is 4.66. The van der Waals surface area contributed by atoms with Gasteiger partial charge in [0.05, 0.1) is 18.4 Å². The summed E-state index contributed by atoms with van der Waals surface area (Å²) in [5, 5.41) is 7.54. The Morgan fingerprint density at radius 2 is 1.61 bits per heavy atom. The molecule has 0 bridgehead atoms. The highest BCUT2D eigenvalue weighted by molar-refractivity contribution is 8.13. The van der Waals surface area contributed by atoms with Crippen molar-refractivity contribution < 1.29 is 35.4 Å². The molecule has 0 spiro atoms. The Morgan fingerprint density at radius 3 is 2.08 bits per heavy atom. The van der Waals surface area contributed by atoms with E-state index >= 15 is 0 Å². The van der Waals surface area contributed by atoms with E-state index in [2.05, 4.69) is 36.1 Å². The molecule has 15 heteroatoms. The second-order valence-electron chi connectivity index (χ2n) is 7.77. The zero-order chi connectivity index (χ0) is 28.7. The Hall–Kier alpha value is -3.05. The maximum atomic E-state index is 12.7. The molecule has 0 saturated heterocycles. The van der Waals surface area contributed by atoms with Gasteiger partial charge in [-0.05, 0) is 52.3 Å². The molecule has 0 atom stereocenters. The van der Waals surface area contributed by atoms with Crippen molar-refractivity contribution in [1.29, 1.82) is 0 Å². The van der Waals surface area contributed by atoms with Crippen molar-refractivity contribution in [1.82, 2.24) is 10.3 Å². The van der Waals surface area contributed by atoms with E-state index in [-0.39, 0.29) is 45.1 Å². The molecular formula is C23H25Cl2N3O8S2. The highest BCUT2D eigenvalue weighted by atomic mass is 35.7. The summed E-state index contributed by atoms with van der Waals surface area (Å²) in [5.74, 6) is 5.92. The largest absolute Gasteiger partial charge is 0.469 e. The number of anilines is 1. The molecule has 0 radical (unpaired) electrons. The Balaban J connectivity index is 0.000000384. The number of hydrogen-bond acceptors (Lipinski definition) is 10. The van der Waals surface area contributed by atoms with Crippen LogP contribution >= 0.6 is 22.3 Å². The highest BCUT2D eigenvalue weighted by Crippen LogP contribution is 2.26. The van der Waals surface area contributed by atoms with Crippen LogP contribution in [0.3, 0.4) is 0 Å². The number of nitrogens with zero attached hydrogens (tertiary/aromatic N) is 2. The van der Waals surface area contributed by atoms with Gasteiger partial charge >= 0.3 is 5.97 Å². The van der Waals surface area contributed by atoms with Crippen LogP contribution in [0, 0.1) is 39.5 Å². The third-order valence-corrected chi connectivity index (χ3v) is 8.19. The van der Waals surface area contributed by atoms with Gasteiger partial charge in [-0.3, -0.25) is 9.52 Å². The molecule has 1 N–H and O–H groups in total. The van der Waals surface area contributed by atoms with Gasteiger partial charge in [0.15, 0.2) is 16.4 Å². The van der Waals surface area contributed by atoms with Gasteiger partial charge in [-0.25, -0.2) is 16.8 Å². The Labute approximate surface area is 230 Å². The van der Waals surface area contributed by atoms with E-state index in [1.54, 1.807) is 19.1 Å². The molecule has 206 valence electrons. The number of aryl methyl sites for hydroxylation is 4. The number of hydrogen-bond donors (Lipinski definition) is 1. The summed E-state index contributed by atoms with van der Waals surface area (Å²) in [4.78, 5) is 11.1. The summed E-state index contributed by atoms with van der Waals surface area (Å²) < 4.78 is 63.6. The molecule has 0 fully saturated rings. The number of ether oxygens (including phenoxy) is 1. The number of carbonyl (C=O) groups is 1. The molecule has 1 aromatic carbocycles. The van der Waals surface area contributed by atoms with Crippen molar-refractivity contribution in [2.45, 2.75) is 56.7 Å². The van der Waals surface area contributed by atoms with Gasteiger partial charge in [0.2, 0.25) is 0 Å². The molecule has 0 saturated carbocycles. The van der Waals surface area contributed by atoms with Crippen molar-refractivity contribution in [2.24, 2.45) is 0 Å². The second kappa shape index (κ2) is 13.1. The Bertz CT molecular complexity index is 1540. The summed E-state index contributed by atoms with van der Waals surface area (Å²) in [5.41, 5.74) is 1.28. The lowest BCUT2D eigenvalue weighted by molar-refractivity contribution is -0.140. The molecule has 0 amide bonds. The molecule has 11 nitrogen and oxygen atoms in total. The van der Waals surface area contributed by atoms with Gasteiger partial charge in [-0.15, -0.1) is 0 Å². The quantitative estimate of drug-likeness (QED) is 0.174. The summed E-state index contributed by atoms with van der Waals surface area (Å²) >= 11 is 6.01. The van der Waals surface area contributed by atoms with Gasteiger partial charge in [0.1, 0.15) is 16.3 Å². The van der Waals surface area contributed by atoms with Crippen molar-refractivity contribution in [3.8, 4) is 11.8 Å². The van der Waals surface area contributed by atoms with Crippen LogP contribution in [0.1, 0.15) is 47.7 Å². The number of sulfonamides is 1. The fourth-order valence-electron chi connectivity index (χ4n) is 3.17. The van der Waals surface area contributed by atoms with E-state index in [0.29, 0.717) is 29.1 Å². The first-order valence-electron chi connectivity index (χ1n) is 10.9. The molecule has 3 aromatic rings. The number of esters is 1. The van der Waals surface area contributed by atoms with Gasteiger partial charge in [0.25, 0.3) is 19.1 Å². The monoisotopic (exact) mass is 605 g/mol. The van der Waals surface area contributed by atoms with Crippen LogP contribution in [0.4, 0.5) is 5.69 Å². The number of unbranched alkanes of at least 4 members (excludes halogenated alkanes) is 1. The number of methoxy groups -OCH3 is 1. The summed E-state index contributed by atoms with van der Waals surface area (Å²) in [7, 11) is -1.19. The first kappa shape index (κ1) is 31.2. The predicted molar refractivity (Wildman–Crippen MR) is 140 cm³/mol. The van der Waals surface area contributed by atoms with Crippen LogP contribution in [-0.4, -0.2) is 40.2 Å². The number of nitrogens with one attached hydrogen (secondary N) is 1. The number of halogens is 2. The zero-order valence-corrected chi connectivity index (χ0v) is 24.2. The molecular weight excluding hydrogens is 581 g/mol. The van der Waals surface area contributed by atoms with Crippen molar-refractivity contribution in [3.63, 3.8) is 0 Å². The topological polar surface area (TPSA) is 159 Å². The van der Waals surface area contributed by atoms with Crippen LogP contribution in [-0.2, 0) is 28.6 Å². The van der Waals surface area contributed by atoms with Crippen LogP contribution in [0.25, 0.3) is 0 Å². The lowest BCUT2D eigenvalue weighted by atomic mass is 10.1. The minimum absolute atomic E-state index is 0.00515. The van der Waals surface area contributed by atoms with Crippen molar-refractivity contribution in [2.75, 3.05) is 11.8 Å². The standard InChI is InChI=1S/C18H19ClN2O5S.C5H6ClNO3S/c1-12-18(13(2)26-20-12)27(23,24)21-16-10-9-15(19)11-14(16)7-5-4-6-8-17(22)25-3;1-3-5(11(6,8)9)4(2)10-7-3/h9-11,21H,4,6,8H2,1-3H3;1-2H3. The smallest absolute Gasteiger partial charge is 0.305 e. The minimum atomic E-state index is -3.89. The highest BCUT2D eigenvalue weighted by Gasteiger charge is 2.25. The molecule has 0 aliphatic heterocycles. The van der Waals surface area contributed by atoms with Crippen LogP contribution < -0.4 is 4.72 Å². The van der Waals surface area contributed by atoms with Crippen molar-refractivity contribution in [3.05, 3.63) is 51.7 Å². The van der Waals surface area contributed by atoms with Crippen LogP contribution in [0.15, 0.2) is 37.0 Å². The molecule has 38 heavy (non-hydrogen) atoms. The molecule has 2 aromatic heterocycles. The number of benzene rings is 1. The summed E-state index contributed by atoms with van der Waals surface area (Å²) in [6, 6.07) is 4.67. The fourth-order valence-corrected chi connectivity index (χ4v) is 6.18. The first-order valence-corrected chi connectivity index (χ1v) is 15.0. The number of carbonyl (C=O) groups excluding carboxylic acids is 1. The average molecular weight is 607 g/mol. The summed E-state index contributed by atoms with van der Waals surface area (Å²) in [6.07, 6.45) is 1.27. The minimum Gasteiger partial charge on any atom is -0.469 e. The molecule has 2 heterocycles. The Morgan fingerprint density at radius 1 is 1.03 bits per heavy atom. The maximum absolute atomic E-state index is 12.7. The normalized spacial score (nSPS) is 11.1.